The molecule has 142 valence electrons. The fraction of sp³-hybridized carbons (Fsp3) is 0.316. The van der Waals surface area contributed by atoms with Crippen molar-refractivity contribution in [1.29, 1.82) is 0 Å². The normalized spacial score (nSPS) is 10.7. The van der Waals surface area contributed by atoms with Gasteiger partial charge in [-0.3, -0.25) is 4.79 Å². The standard InChI is InChI=1S/C19H21N3O4S/c1-11-14(12(2)26-22-11)6-8-18(23)21-19-20-16(10-27-19)15-9-13(24-3)5-7-17(15)25-4/h5,7,9-10H,6,8H2,1-4H3,(H,20,21,23). The monoisotopic (exact) mass is 387 g/mol. The van der Waals surface area contributed by atoms with Crippen LogP contribution in [0.3, 0.4) is 0 Å². The molecule has 0 aliphatic carbocycles. The maximum atomic E-state index is 12.3. The molecule has 0 aliphatic rings. The molecule has 2 aromatic heterocycles. The minimum atomic E-state index is -0.103. The summed E-state index contributed by atoms with van der Waals surface area (Å²) in [4.78, 5) is 16.8. The summed E-state index contributed by atoms with van der Waals surface area (Å²) in [5.41, 5.74) is 3.33. The maximum absolute atomic E-state index is 12.3. The predicted molar refractivity (Wildman–Crippen MR) is 104 cm³/mol. The first-order chi connectivity index (χ1) is 13.0. The third kappa shape index (κ3) is 4.28. The molecule has 0 bridgehead atoms. The van der Waals surface area contributed by atoms with Gasteiger partial charge in [0.1, 0.15) is 17.3 Å². The average Bonchev–Trinajstić information content (AvgIpc) is 3.26. The van der Waals surface area contributed by atoms with Gasteiger partial charge in [0.2, 0.25) is 5.91 Å². The Morgan fingerprint density at radius 2 is 2.07 bits per heavy atom. The molecule has 1 amide bonds. The molecule has 0 unspecified atom stereocenters. The average molecular weight is 387 g/mol. The van der Waals surface area contributed by atoms with Gasteiger partial charge in [-0.15, -0.1) is 11.3 Å². The van der Waals surface area contributed by atoms with Crippen LogP contribution in [0, 0.1) is 13.8 Å². The van der Waals surface area contributed by atoms with E-state index in [9.17, 15) is 4.79 Å². The third-order valence-electron chi connectivity index (χ3n) is 4.22. The van der Waals surface area contributed by atoms with Gasteiger partial charge in [-0.05, 0) is 38.5 Å². The van der Waals surface area contributed by atoms with Crippen molar-refractivity contribution in [2.45, 2.75) is 26.7 Å². The van der Waals surface area contributed by atoms with E-state index in [-0.39, 0.29) is 5.91 Å². The molecule has 0 aliphatic heterocycles. The van der Waals surface area contributed by atoms with E-state index < -0.39 is 0 Å². The van der Waals surface area contributed by atoms with Crippen molar-refractivity contribution in [3.05, 3.63) is 40.6 Å². The Balaban J connectivity index is 1.68. The fourth-order valence-corrected chi connectivity index (χ4v) is 3.47. The number of rotatable bonds is 7. The Labute approximate surface area is 161 Å². The maximum Gasteiger partial charge on any atom is 0.226 e. The number of anilines is 1. The van der Waals surface area contributed by atoms with Crippen molar-refractivity contribution in [1.82, 2.24) is 10.1 Å². The van der Waals surface area contributed by atoms with E-state index in [2.05, 4.69) is 15.5 Å². The lowest BCUT2D eigenvalue weighted by atomic mass is 10.1. The van der Waals surface area contributed by atoms with Crippen molar-refractivity contribution in [3.63, 3.8) is 0 Å². The second-order valence-electron chi connectivity index (χ2n) is 5.96. The van der Waals surface area contributed by atoms with Crippen LogP contribution in [-0.4, -0.2) is 30.3 Å². The molecule has 0 saturated heterocycles. The summed E-state index contributed by atoms with van der Waals surface area (Å²) < 4.78 is 15.8. The molecule has 0 radical (unpaired) electrons. The number of hydrogen-bond acceptors (Lipinski definition) is 7. The molecular formula is C19H21N3O4S. The first-order valence-corrected chi connectivity index (χ1v) is 9.29. The molecule has 0 saturated carbocycles. The van der Waals surface area contributed by atoms with Crippen LogP contribution in [0.4, 0.5) is 5.13 Å². The van der Waals surface area contributed by atoms with Gasteiger partial charge in [-0.25, -0.2) is 4.98 Å². The number of ether oxygens (including phenoxy) is 2. The highest BCUT2D eigenvalue weighted by molar-refractivity contribution is 7.14. The Morgan fingerprint density at radius 1 is 1.26 bits per heavy atom. The van der Waals surface area contributed by atoms with Gasteiger partial charge in [0.25, 0.3) is 0 Å². The summed E-state index contributed by atoms with van der Waals surface area (Å²) in [5, 5.41) is 9.17. The molecule has 3 rings (SSSR count). The lowest BCUT2D eigenvalue weighted by Gasteiger charge is -2.08. The molecule has 7 nitrogen and oxygen atoms in total. The van der Waals surface area contributed by atoms with E-state index >= 15 is 0 Å². The number of hydrogen-bond donors (Lipinski definition) is 1. The van der Waals surface area contributed by atoms with E-state index in [4.69, 9.17) is 14.0 Å². The first-order valence-electron chi connectivity index (χ1n) is 8.41. The lowest BCUT2D eigenvalue weighted by Crippen LogP contribution is -2.12. The van der Waals surface area contributed by atoms with Gasteiger partial charge in [0.15, 0.2) is 5.13 Å². The topological polar surface area (TPSA) is 86.5 Å². The molecule has 1 N–H and O–H groups in total. The van der Waals surface area contributed by atoms with Gasteiger partial charge < -0.3 is 19.3 Å². The zero-order valence-corrected chi connectivity index (χ0v) is 16.5. The van der Waals surface area contributed by atoms with E-state index in [0.717, 1.165) is 28.3 Å². The third-order valence-corrected chi connectivity index (χ3v) is 4.97. The van der Waals surface area contributed by atoms with Crippen molar-refractivity contribution in [2.75, 3.05) is 19.5 Å². The summed E-state index contributed by atoms with van der Waals surface area (Å²) in [6.07, 6.45) is 0.912. The predicted octanol–water partition coefficient (Wildman–Crippen LogP) is 4.00. The molecule has 3 aromatic rings. The number of amides is 1. The number of aromatic nitrogens is 2. The fourth-order valence-electron chi connectivity index (χ4n) is 2.75. The minimum absolute atomic E-state index is 0.103. The molecule has 8 heteroatoms. The number of carbonyl (C=O) groups excluding carboxylic acids is 1. The summed E-state index contributed by atoms with van der Waals surface area (Å²) >= 11 is 1.36. The van der Waals surface area contributed by atoms with E-state index in [0.29, 0.717) is 29.5 Å². The van der Waals surface area contributed by atoms with Crippen LogP contribution in [0.25, 0.3) is 11.3 Å². The number of benzene rings is 1. The van der Waals surface area contributed by atoms with Gasteiger partial charge in [-0.2, -0.15) is 0 Å². The van der Waals surface area contributed by atoms with Crippen molar-refractivity contribution >= 4 is 22.4 Å². The van der Waals surface area contributed by atoms with Gasteiger partial charge >= 0.3 is 0 Å². The lowest BCUT2D eigenvalue weighted by molar-refractivity contribution is -0.116. The molecule has 0 spiro atoms. The summed E-state index contributed by atoms with van der Waals surface area (Å²) in [6, 6.07) is 5.51. The molecule has 1 aromatic carbocycles. The van der Waals surface area contributed by atoms with Crippen LogP contribution in [-0.2, 0) is 11.2 Å². The number of methoxy groups -OCH3 is 2. The highest BCUT2D eigenvalue weighted by Crippen LogP contribution is 2.35. The van der Waals surface area contributed by atoms with Crippen LogP contribution in [0.2, 0.25) is 0 Å². The van der Waals surface area contributed by atoms with Gasteiger partial charge in [-0.1, -0.05) is 5.16 Å². The van der Waals surface area contributed by atoms with E-state index in [1.165, 1.54) is 11.3 Å². The first kappa shape index (κ1) is 18.9. The number of aryl methyl sites for hydroxylation is 2. The van der Waals surface area contributed by atoms with Crippen LogP contribution in [0.5, 0.6) is 11.5 Å². The zero-order chi connectivity index (χ0) is 19.4. The van der Waals surface area contributed by atoms with E-state index in [1.54, 1.807) is 14.2 Å². The number of thiazole rings is 1. The Kier molecular flexibility index (Phi) is 5.75. The zero-order valence-electron chi connectivity index (χ0n) is 15.7. The summed E-state index contributed by atoms with van der Waals surface area (Å²) in [5.74, 6) is 2.05. The molecule has 27 heavy (non-hydrogen) atoms. The number of nitrogens with one attached hydrogen (secondary N) is 1. The second kappa shape index (κ2) is 8.22. The van der Waals surface area contributed by atoms with Crippen molar-refractivity contribution in [2.24, 2.45) is 0 Å². The highest BCUT2D eigenvalue weighted by atomic mass is 32.1. The SMILES string of the molecule is COc1ccc(OC)c(-c2csc(NC(=O)CCc3c(C)noc3C)n2)c1. The van der Waals surface area contributed by atoms with Crippen molar-refractivity contribution < 1.29 is 18.8 Å². The Morgan fingerprint density at radius 3 is 2.74 bits per heavy atom. The molecule has 2 heterocycles. The largest absolute Gasteiger partial charge is 0.497 e. The van der Waals surface area contributed by atoms with Gasteiger partial charge in [0, 0.05) is 22.9 Å². The van der Waals surface area contributed by atoms with Crippen LogP contribution < -0.4 is 14.8 Å². The summed E-state index contributed by atoms with van der Waals surface area (Å²) in [7, 11) is 3.21. The smallest absolute Gasteiger partial charge is 0.226 e. The summed E-state index contributed by atoms with van der Waals surface area (Å²) in [6.45, 7) is 3.72. The molecule has 0 atom stereocenters. The van der Waals surface area contributed by atoms with E-state index in [1.807, 2.05) is 37.4 Å². The highest BCUT2D eigenvalue weighted by Gasteiger charge is 2.14. The number of carbonyl (C=O) groups is 1. The second-order valence-corrected chi connectivity index (χ2v) is 6.81. The minimum Gasteiger partial charge on any atom is -0.497 e. The quantitative estimate of drug-likeness (QED) is 0.659. The van der Waals surface area contributed by atoms with Crippen molar-refractivity contribution in [3.8, 4) is 22.8 Å². The Bertz CT molecular complexity index is 929. The van der Waals surface area contributed by atoms with Crippen LogP contribution >= 0.6 is 11.3 Å². The van der Waals surface area contributed by atoms with Gasteiger partial charge in [0.05, 0.1) is 25.6 Å². The molecular weight excluding hydrogens is 366 g/mol. The van der Waals surface area contributed by atoms with Crippen LogP contribution in [0.15, 0.2) is 28.1 Å². The van der Waals surface area contributed by atoms with Crippen LogP contribution in [0.1, 0.15) is 23.4 Å². The number of nitrogens with zero attached hydrogens (tertiary/aromatic N) is 2. The molecule has 0 fully saturated rings. The Hall–Kier alpha value is -2.87.